The largest absolute Gasteiger partial charge is 0.396 e. The number of hydrogen-bond donors (Lipinski definition) is 3. The summed E-state index contributed by atoms with van der Waals surface area (Å²) in [6.07, 6.45) is 1.97. The first-order valence-corrected chi connectivity index (χ1v) is 7.90. The van der Waals surface area contributed by atoms with Crippen molar-refractivity contribution in [2.24, 2.45) is 0 Å². The van der Waals surface area contributed by atoms with E-state index in [1.807, 2.05) is 0 Å². The molecule has 1 aromatic carbocycles. The van der Waals surface area contributed by atoms with Gasteiger partial charge in [-0.2, -0.15) is 8.42 Å². The predicted molar refractivity (Wildman–Crippen MR) is 81.8 cm³/mol. The van der Waals surface area contributed by atoms with E-state index >= 15 is 0 Å². The molecule has 0 aliphatic rings. The number of aliphatic hydroxyl groups excluding tert-OH is 1. The second-order valence-electron chi connectivity index (χ2n) is 4.38. The molecule has 112 valence electrons. The van der Waals surface area contributed by atoms with E-state index in [2.05, 4.69) is 15.0 Å². The van der Waals surface area contributed by atoms with Gasteiger partial charge in [-0.3, -0.25) is 4.72 Å². The summed E-state index contributed by atoms with van der Waals surface area (Å²) in [5.74, 6) is 0. The zero-order chi connectivity index (χ0) is 15.3. The molecule has 3 N–H and O–H groups in total. The van der Waals surface area contributed by atoms with Crippen molar-refractivity contribution in [2.75, 3.05) is 23.7 Å². The fourth-order valence-corrected chi connectivity index (χ4v) is 3.07. The molecule has 7 heteroatoms. The zero-order valence-corrected chi connectivity index (χ0v) is 12.4. The number of benzene rings is 1. The summed E-state index contributed by atoms with van der Waals surface area (Å²) >= 11 is 0. The highest BCUT2D eigenvalue weighted by molar-refractivity contribution is 7.92. The quantitative estimate of drug-likeness (QED) is 0.751. The number of aliphatic hydroxyl groups is 1. The third kappa shape index (κ3) is 3.71. The molecule has 0 radical (unpaired) electrons. The minimum Gasteiger partial charge on any atom is -0.396 e. The third-order valence-electron chi connectivity index (χ3n) is 2.90. The molecule has 21 heavy (non-hydrogen) atoms. The van der Waals surface area contributed by atoms with Gasteiger partial charge >= 0.3 is 0 Å². The number of pyridine rings is 1. The van der Waals surface area contributed by atoms with E-state index in [9.17, 15) is 8.42 Å². The highest BCUT2D eigenvalue weighted by atomic mass is 32.2. The van der Waals surface area contributed by atoms with E-state index < -0.39 is 10.0 Å². The molecular formula is C14H17N3O3S. The van der Waals surface area contributed by atoms with Gasteiger partial charge in [0.1, 0.15) is 0 Å². The normalized spacial score (nSPS) is 11.1. The van der Waals surface area contributed by atoms with Gasteiger partial charge in [0.2, 0.25) is 0 Å². The van der Waals surface area contributed by atoms with Gasteiger partial charge in [0.25, 0.3) is 10.0 Å². The maximum absolute atomic E-state index is 12.3. The van der Waals surface area contributed by atoms with Crippen LogP contribution in [-0.4, -0.2) is 32.2 Å². The van der Waals surface area contributed by atoms with Crippen LogP contribution in [0.2, 0.25) is 0 Å². The lowest BCUT2D eigenvalue weighted by atomic mass is 10.1. The fraction of sp³-hybridized carbons (Fsp3) is 0.214. The van der Waals surface area contributed by atoms with Gasteiger partial charge in [-0.05, 0) is 36.2 Å². The minimum absolute atomic E-state index is 0.0491. The third-order valence-corrected chi connectivity index (χ3v) is 4.24. The Balaban J connectivity index is 2.24. The van der Waals surface area contributed by atoms with Gasteiger partial charge in [-0.1, -0.05) is 12.1 Å². The Labute approximate surface area is 123 Å². The van der Waals surface area contributed by atoms with Crippen LogP contribution in [0.3, 0.4) is 0 Å². The lowest BCUT2D eigenvalue weighted by Crippen LogP contribution is -2.16. The maximum Gasteiger partial charge on any atom is 0.281 e. The van der Waals surface area contributed by atoms with Crippen molar-refractivity contribution >= 4 is 21.4 Å². The maximum atomic E-state index is 12.3. The molecule has 0 aliphatic carbocycles. The Bertz CT molecular complexity index is 700. The van der Waals surface area contributed by atoms with Crippen LogP contribution in [0, 0.1) is 0 Å². The summed E-state index contributed by atoms with van der Waals surface area (Å²) in [7, 11) is -2.12. The van der Waals surface area contributed by atoms with Gasteiger partial charge in [0.05, 0.1) is 5.69 Å². The molecule has 0 spiro atoms. The van der Waals surface area contributed by atoms with Crippen molar-refractivity contribution < 1.29 is 13.5 Å². The van der Waals surface area contributed by atoms with Crippen molar-refractivity contribution in [1.29, 1.82) is 0 Å². The smallest absolute Gasteiger partial charge is 0.281 e. The van der Waals surface area contributed by atoms with Gasteiger partial charge in [-0.25, -0.2) is 4.98 Å². The highest BCUT2D eigenvalue weighted by Crippen LogP contribution is 2.21. The van der Waals surface area contributed by atoms with E-state index in [1.54, 1.807) is 43.4 Å². The Hall–Kier alpha value is -2.12. The Morgan fingerprint density at radius 3 is 2.52 bits per heavy atom. The van der Waals surface area contributed by atoms with E-state index in [0.29, 0.717) is 17.8 Å². The number of hydrogen-bond acceptors (Lipinski definition) is 5. The van der Waals surface area contributed by atoms with Crippen LogP contribution in [0.25, 0.3) is 0 Å². The highest BCUT2D eigenvalue weighted by Gasteiger charge is 2.19. The van der Waals surface area contributed by atoms with E-state index in [0.717, 1.165) is 5.56 Å². The SMILES string of the molecule is CNc1cccnc1S(=O)(=O)Nc1ccc(CCO)cc1. The number of rotatable bonds is 6. The molecule has 0 fully saturated rings. The second kappa shape index (κ2) is 6.55. The number of sulfonamides is 1. The molecule has 2 rings (SSSR count). The zero-order valence-electron chi connectivity index (χ0n) is 11.6. The molecule has 0 amide bonds. The lowest BCUT2D eigenvalue weighted by Gasteiger charge is -2.11. The molecule has 0 saturated carbocycles. The van der Waals surface area contributed by atoms with Crippen LogP contribution in [0.1, 0.15) is 5.56 Å². The molecule has 0 bridgehead atoms. The molecule has 0 atom stereocenters. The van der Waals surface area contributed by atoms with Crippen LogP contribution in [0.15, 0.2) is 47.6 Å². The summed E-state index contributed by atoms with van der Waals surface area (Å²) in [5, 5.41) is 11.6. The molecule has 0 saturated heterocycles. The van der Waals surface area contributed by atoms with E-state index in [4.69, 9.17) is 5.11 Å². The number of nitrogens with zero attached hydrogens (tertiary/aromatic N) is 1. The van der Waals surface area contributed by atoms with Crippen LogP contribution < -0.4 is 10.0 Å². The Morgan fingerprint density at radius 1 is 1.19 bits per heavy atom. The van der Waals surface area contributed by atoms with Crippen molar-refractivity contribution in [3.63, 3.8) is 0 Å². The van der Waals surface area contributed by atoms with Gasteiger partial charge in [-0.15, -0.1) is 0 Å². The molecule has 2 aromatic rings. The summed E-state index contributed by atoms with van der Waals surface area (Å²) in [6.45, 7) is 0.0601. The van der Waals surface area contributed by atoms with Crippen molar-refractivity contribution in [2.45, 2.75) is 11.4 Å². The van der Waals surface area contributed by atoms with Crippen LogP contribution in [0.5, 0.6) is 0 Å². The van der Waals surface area contributed by atoms with Crippen molar-refractivity contribution in [3.05, 3.63) is 48.2 Å². The Kier molecular flexibility index (Phi) is 4.77. The van der Waals surface area contributed by atoms with Gasteiger partial charge in [0, 0.05) is 25.5 Å². The Morgan fingerprint density at radius 2 is 1.90 bits per heavy atom. The predicted octanol–water partition coefficient (Wildman–Crippen LogP) is 1.46. The number of anilines is 2. The average molecular weight is 307 g/mol. The standard InChI is InChI=1S/C14H17N3O3S/c1-15-13-3-2-9-16-14(13)21(19,20)17-12-6-4-11(5-7-12)8-10-18/h2-7,9,15,17-18H,8,10H2,1H3. The van der Waals surface area contributed by atoms with Gasteiger partial charge < -0.3 is 10.4 Å². The molecule has 1 aromatic heterocycles. The first-order valence-electron chi connectivity index (χ1n) is 6.42. The summed E-state index contributed by atoms with van der Waals surface area (Å²) < 4.78 is 27.2. The summed E-state index contributed by atoms with van der Waals surface area (Å²) in [5.41, 5.74) is 1.82. The minimum atomic E-state index is -3.75. The van der Waals surface area contributed by atoms with Crippen molar-refractivity contribution in [1.82, 2.24) is 4.98 Å². The molecule has 6 nitrogen and oxygen atoms in total. The molecule has 0 unspecified atom stereocenters. The summed E-state index contributed by atoms with van der Waals surface area (Å²) in [4.78, 5) is 3.92. The fourth-order valence-electron chi connectivity index (χ4n) is 1.87. The van der Waals surface area contributed by atoms with Crippen LogP contribution >= 0.6 is 0 Å². The van der Waals surface area contributed by atoms with Crippen LogP contribution in [0.4, 0.5) is 11.4 Å². The van der Waals surface area contributed by atoms with Gasteiger partial charge in [0.15, 0.2) is 5.03 Å². The first kappa shape index (κ1) is 15.3. The number of aromatic nitrogens is 1. The van der Waals surface area contributed by atoms with Crippen molar-refractivity contribution in [3.8, 4) is 0 Å². The second-order valence-corrected chi connectivity index (χ2v) is 5.98. The molecule has 0 aliphatic heterocycles. The first-order chi connectivity index (χ1) is 10.1. The van der Waals surface area contributed by atoms with E-state index in [1.165, 1.54) is 6.20 Å². The topological polar surface area (TPSA) is 91.3 Å². The average Bonchev–Trinajstić information content (AvgIpc) is 2.49. The molecular weight excluding hydrogens is 290 g/mol. The van der Waals surface area contributed by atoms with E-state index in [-0.39, 0.29) is 11.6 Å². The van der Waals surface area contributed by atoms with Crippen LogP contribution in [-0.2, 0) is 16.4 Å². The number of nitrogens with one attached hydrogen (secondary N) is 2. The summed E-state index contributed by atoms with van der Waals surface area (Å²) in [6, 6.07) is 10.2. The monoisotopic (exact) mass is 307 g/mol. The lowest BCUT2D eigenvalue weighted by molar-refractivity contribution is 0.299. The molecule has 1 heterocycles.